The maximum Gasteiger partial charge on any atom is 0.101 e. The fourth-order valence-electron chi connectivity index (χ4n) is 3.18. The predicted molar refractivity (Wildman–Crippen MR) is 70.3 cm³/mol. The van der Waals surface area contributed by atoms with Crippen molar-refractivity contribution in [2.24, 2.45) is 5.92 Å². The number of nitrogens with zero attached hydrogens (tertiary/aromatic N) is 4. The Morgan fingerprint density at radius 1 is 1.44 bits per heavy atom. The molecule has 3 atom stereocenters. The Kier molecular flexibility index (Phi) is 2.71. The average Bonchev–Trinajstić information content (AvgIpc) is 3.00. The number of piperidine rings is 1. The Balaban J connectivity index is 1.86. The monoisotopic (exact) mass is 242 g/mol. The Bertz CT molecular complexity index is 491. The molecule has 2 heterocycles. The first kappa shape index (κ1) is 11.5. The molecule has 3 unspecified atom stereocenters. The summed E-state index contributed by atoms with van der Waals surface area (Å²) >= 11 is 0. The molecule has 0 spiro atoms. The molecule has 3 rings (SSSR count). The average molecular weight is 242 g/mol. The molecule has 1 saturated carbocycles. The number of hydrogen-bond acceptors (Lipinski definition) is 4. The fraction of sp³-hybridized carbons (Fsp3) is 0.571. The predicted octanol–water partition coefficient (Wildman–Crippen LogP) is 1.48. The number of aromatic nitrogens is 1. The molecule has 94 valence electrons. The number of likely N-dealkylation sites (N-methyl/N-ethyl adjacent to an activating group) is 1. The molecule has 1 saturated heterocycles. The largest absolute Gasteiger partial charge is 0.363 e. The van der Waals surface area contributed by atoms with Crippen LogP contribution in [0.3, 0.4) is 0 Å². The molecule has 2 aliphatic rings. The van der Waals surface area contributed by atoms with E-state index in [2.05, 4.69) is 34.9 Å². The van der Waals surface area contributed by atoms with Gasteiger partial charge in [-0.1, -0.05) is 0 Å². The highest BCUT2D eigenvalue weighted by atomic mass is 15.3. The molecule has 0 aromatic carbocycles. The molecule has 18 heavy (non-hydrogen) atoms. The Morgan fingerprint density at radius 2 is 2.28 bits per heavy atom. The summed E-state index contributed by atoms with van der Waals surface area (Å²) in [4.78, 5) is 8.91. The molecule has 1 aliphatic heterocycles. The zero-order valence-electron chi connectivity index (χ0n) is 10.9. The zero-order chi connectivity index (χ0) is 12.7. The highest BCUT2D eigenvalue weighted by Gasteiger charge is 2.51. The van der Waals surface area contributed by atoms with E-state index >= 15 is 0 Å². The smallest absolute Gasteiger partial charge is 0.101 e. The van der Waals surface area contributed by atoms with Crippen LogP contribution in [-0.2, 0) is 0 Å². The second-order valence-electron chi connectivity index (χ2n) is 5.67. The minimum atomic E-state index is 0.569. The van der Waals surface area contributed by atoms with Gasteiger partial charge >= 0.3 is 0 Å². The molecule has 0 N–H and O–H groups in total. The van der Waals surface area contributed by atoms with Crippen LogP contribution in [0.2, 0.25) is 0 Å². The maximum absolute atomic E-state index is 8.98. The van der Waals surface area contributed by atoms with Crippen molar-refractivity contribution in [1.29, 1.82) is 5.26 Å². The topological polar surface area (TPSA) is 43.2 Å². The molecule has 0 amide bonds. The third kappa shape index (κ3) is 1.95. The van der Waals surface area contributed by atoms with E-state index in [1.54, 1.807) is 6.20 Å². The number of fused-ring (bicyclic) bond motifs is 1. The Labute approximate surface area is 108 Å². The quantitative estimate of drug-likeness (QED) is 0.805. The number of rotatable bonds is 3. The fourth-order valence-corrected chi connectivity index (χ4v) is 3.18. The van der Waals surface area contributed by atoms with E-state index in [0.717, 1.165) is 18.2 Å². The summed E-state index contributed by atoms with van der Waals surface area (Å²) in [6.07, 6.45) is 6.11. The van der Waals surface area contributed by atoms with Gasteiger partial charge in [0.25, 0.3) is 0 Å². The van der Waals surface area contributed by atoms with Gasteiger partial charge in [-0.05, 0) is 38.9 Å². The highest BCUT2D eigenvalue weighted by molar-refractivity contribution is 5.54. The van der Waals surface area contributed by atoms with E-state index in [-0.39, 0.29) is 0 Å². The maximum atomic E-state index is 8.98. The lowest BCUT2D eigenvalue weighted by atomic mass is 10.1. The van der Waals surface area contributed by atoms with Gasteiger partial charge in [-0.3, -0.25) is 4.98 Å². The van der Waals surface area contributed by atoms with Crippen molar-refractivity contribution in [2.45, 2.75) is 24.9 Å². The number of nitriles is 1. The molecule has 0 bridgehead atoms. The van der Waals surface area contributed by atoms with E-state index in [4.69, 9.17) is 5.26 Å². The molecule has 1 aromatic rings. The van der Waals surface area contributed by atoms with Crippen molar-refractivity contribution in [3.8, 4) is 6.07 Å². The standard InChI is InChI=1S/C14H18N4/c1-17(2)9-13-4-11-5-14(11)18(13)12-3-10(6-15)7-16-8-12/h3,7-8,11,13-14H,4-5,9H2,1-2H3. The van der Waals surface area contributed by atoms with Gasteiger partial charge in [0.15, 0.2) is 0 Å². The summed E-state index contributed by atoms with van der Waals surface area (Å²) in [6, 6.07) is 5.40. The van der Waals surface area contributed by atoms with E-state index in [1.165, 1.54) is 12.8 Å². The van der Waals surface area contributed by atoms with Crippen LogP contribution in [0.4, 0.5) is 5.69 Å². The summed E-state index contributed by atoms with van der Waals surface area (Å²) in [5.41, 5.74) is 1.77. The zero-order valence-corrected chi connectivity index (χ0v) is 10.9. The van der Waals surface area contributed by atoms with Gasteiger partial charge in [-0.25, -0.2) is 0 Å². The van der Waals surface area contributed by atoms with Crippen LogP contribution in [-0.4, -0.2) is 42.6 Å². The lowest BCUT2D eigenvalue weighted by Crippen LogP contribution is -2.40. The van der Waals surface area contributed by atoms with Crippen molar-refractivity contribution in [3.05, 3.63) is 24.0 Å². The molecule has 2 fully saturated rings. The van der Waals surface area contributed by atoms with Crippen molar-refractivity contribution < 1.29 is 0 Å². The first-order valence-electron chi connectivity index (χ1n) is 6.47. The van der Waals surface area contributed by atoms with Crippen LogP contribution in [0.15, 0.2) is 18.5 Å². The number of pyridine rings is 1. The third-order valence-electron chi connectivity index (χ3n) is 3.94. The van der Waals surface area contributed by atoms with Crippen molar-refractivity contribution in [1.82, 2.24) is 9.88 Å². The molecule has 0 radical (unpaired) electrons. The lowest BCUT2D eigenvalue weighted by molar-refractivity contribution is 0.361. The van der Waals surface area contributed by atoms with Crippen molar-refractivity contribution in [3.63, 3.8) is 0 Å². The van der Waals surface area contributed by atoms with Crippen LogP contribution in [0.5, 0.6) is 0 Å². The van der Waals surface area contributed by atoms with Crippen molar-refractivity contribution in [2.75, 3.05) is 25.5 Å². The summed E-state index contributed by atoms with van der Waals surface area (Å²) in [6.45, 7) is 1.07. The molecular weight excluding hydrogens is 224 g/mol. The second kappa shape index (κ2) is 4.25. The normalized spacial score (nSPS) is 29.2. The van der Waals surface area contributed by atoms with E-state index in [9.17, 15) is 0 Å². The van der Waals surface area contributed by atoms with Crippen LogP contribution < -0.4 is 4.90 Å². The lowest BCUT2D eigenvalue weighted by Gasteiger charge is -2.31. The van der Waals surface area contributed by atoms with Gasteiger partial charge in [0.05, 0.1) is 17.4 Å². The van der Waals surface area contributed by atoms with E-state index in [0.29, 0.717) is 17.6 Å². The second-order valence-corrected chi connectivity index (χ2v) is 5.67. The minimum Gasteiger partial charge on any atom is -0.363 e. The summed E-state index contributed by atoms with van der Waals surface area (Å²) in [5.74, 6) is 0.862. The minimum absolute atomic E-state index is 0.569. The van der Waals surface area contributed by atoms with Gasteiger partial charge in [0.2, 0.25) is 0 Å². The Hall–Kier alpha value is -1.60. The summed E-state index contributed by atoms with van der Waals surface area (Å²) < 4.78 is 0. The third-order valence-corrected chi connectivity index (χ3v) is 3.94. The van der Waals surface area contributed by atoms with Crippen LogP contribution >= 0.6 is 0 Å². The van der Waals surface area contributed by atoms with E-state index < -0.39 is 0 Å². The first-order valence-corrected chi connectivity index (χ1v) is 6.47. The van der Waals surface area contributed by atoms with Crippen LogP contribution in [0, 0.1) is 17.2 Å². The number of hydrogen-bond donors (Lipinski definition) is 0. The molecular formula is C14H18N4. The molecule has 1 aliphatic carbocycles. The first-order chi connectivity index (χ1) is 8.69. The van der Waals surface area contributed by atoms with Crippen LogP contribution in [0.25, 0.3) is 0 Å². The van der Waals surface area contributed by atoms with Gasteiger partial charge < -0.3 is 9.80 Å². The number of anilines is 1. The highest BCUT2D eigenvalue weighted by Crippen LogP contribution is 2.49. The summed E-state index contributed by atoms with van der Waals surface area (Å²) in [7, 11) is 4.23. The van der Waals surface area contributed by atoms with Gasteiger partial charge in [0.1, 0.15) is 6.07 Å². The van der Waals surface area contributed by atoms with Gasteiger partial charge in [-0.2, -0.15) is 5.26 Å². The molecule has 4 nitrogen and oxygen atoms in total. The van der Waals surface area contributed by atoms with Crippen LogP contribution in [0.1, 0.15) is 18.4 Å². The van der Waals surface area contributed by atoms with Gasteiger partial charge in [-0.15, -0.1) is 0 Å². The SMILES string of the molecule is CN(C)CC1CC2CC2N1c1cncc(C#N)c1. The Morgan fingerprint density at radius 3 is 3.00 bits per heavy atom. The molecule has 4 heteroatoms. The summed E-state index contributed by atoms with van der Waals surface area (Å²) in [5, 5.41) is 8.98. The van der Waals surface area contributed by atoms with Gasteiger partial charge in [0, 0.05) is 24.8 Å². The molecule has 1 aromatic heterocycles. The van der Waals surface area contributed by atoms with E-state index in [1.807, 2.05) is 12.3 Å². The van der Waals surface area contributed by atoms with Crippen molar-refractivity contribution >= 4 is 5.69 Å².